The number of likely N-dealkylation sites (tertiary alicyclic amines) is 1. The minimum Gasteiger partial charge on any atom is -0.465 e. The highest BCUT2D eigenvalue weighted by Crippen LogP contribution is 2.31. The van der Waals surface area contributed by atoms with Crippen molar-refractivity contribution in [2.45, 2.75) is 18.9 Å². The predicted octanol–water partition coefficient (Wildman–Crippen LogP) is 3.37. The van der Waals surface area contributed by atoms with E-state index in [1.807, 2.05) is 18.2 Å². The van der Waals surface area contributed by atoms with Gasteiger partial charge in [-0.05, 0) is 36.1 Å². The fraction of sp³-hybridized carbons (Fsp3) is 0.316. The van der Waals surface area contributed by atoms with Gasteiger partial charge in [0, 0.05) is 19.2 Å². The Balaban J connectivity index is 1.76. The smallest absolute Gasteiger partial charge is 0.344 e. The third kappa shape index (κ3) is 3.85. The molecule has 0 aromatic heterocycles. The van der Waals surface area contributed by atoms with Gasteiger partial charge in [0.05, 0.1) is 12.0 Å². The molecule has 0 aliphatic carbocycles. The van der Waals surface area contributed by atoms with E-state index in [1.54, 1.807) is 12.1 Å². The van der Waals surface area contributed by atoms with E-state index >= 15 is 0 Å². The van der Waals surface area contributed by atoms with Crippen LogP contribution in [-0.4, -0.2) is 36.0 Å². The van der Waals surface area contributed by atoms with Gasteiger partial charge in [-0.2, -0.15) is 0 Å². The molecule has 2 aromatic rings. The van der Waals surface area contributed by atoms with Gasteiger partial charge in [0.2, 0.25) is 0 Å². The standard InChI is InChI=1S/C19H20N2O4/c1-25-19(22)17-11-15(7-8-18(17)21(23)24)16-9-10-20(13-16)12-14-5-3-2-4-6-14/h2-8,11,16H,9-10,12-13H2,1H3. The second kappa shape index (κ2) is 7.44. The molecule has 1 saturated heterocycles. The topological polar surface area (TPSA) is 72.7 Å². The lowest BCUT2D eigenvalue weighted by Crippen LogP contribution is -2.19. The van der Waals surface area contributed by atoms with E-state index in [9.17, 15) is 14.9 Å². The molecule has 6 heteroatoms. The molecule has 1 heterocycles. The molecule has 1 aliphatic rings. The molecule has 1 fully saturated rings. The van der Waals surface area contributed by atoms with E-state index in [4.69, 9.17) is 4.74 Å². The Labute approximate surface area is 146 Å². The summed E-state index contributed by atoms with van der Waals surface area (Å²) in [7, 11) is 1.23. The zero-order chi connectivity index (χ0) is 17.8. The van der Waals surface area contributed by atoms with Crippen LogP contribution < -0.4 is 0 Å². The van der Waals surface area contributed by atoms with Crippen LogP contribution in [0.2, 0.25) is 0 Å². The summed E-state index contributed by atoms with van der Waals surface area (Å²) in [4.78, 5) is 24.8. The van der Waals surface area contributed by atoms with Crippen molar-refractivity contribution in [2.24, 2.45) is 0 Å². The number of nitro groups is 1. The van der Waals surface area contributed by atoms with Gasteiger partial charge in [0.15, 0.2) is 0 Å². The molecule has 0 radical (unpaired) electrons. The Hall–Kier alpha value is -2.73. The lowest BCUT2D eigenvalue weighted by atomic mass is 9.96. The van der Waals surface area contributed by atoms with Crippen molar-refractivity contribution in [3.05, 3.63) is 75.3 Å². The van der Waals surface area contributed by atoms with Crippen LogP contribution in [0.4, 0.5) is 5.69 Å². The van der Waals surface area contributed by atoms with E-state index in [2.05, 4.69) is 17.0 Å². The maximum atomic E-state index is 11.9. The lowest BCUT2D eigenvalue weighted by molar-refractivity contribution is -0.385. The zero-order valence-electron chi connectivity index (χ0n) is 14.1. The predicted molar refractivity (Wildman–Crippen MR) is 93.5 cm³/mol. The number of carbonyl (C=O) groups is 1. The molecule has 1 aliphatic heterocycles. The fourth-order valence-corrected chi connectivity index (χ4v) is 3.33. The van der Waals surface area contributed by atoms with Crippen molar-refractivity contribution < 1.29 is 14.5 Å². The van der Waals surface area contributed by atoms with Crippen molar-refractivity contribution in [3.63, 3.8) is 0 Å². The molecule has 0 N–H and O–H groups in total. The van der Waals surface area contributed by atoms with Crippen molar-refractivity contribution in [1.29, 1.82) is 0 Å². The average Bonchev–Trinajstić information content (AvgIpc) is 3.09. The fourth-order valence-electron chi connectivity index (χ4n) is 3.33. The summed E-state index contributed by atoms with van der Waals surface area (Å²) in [6.07, 6.45) is 0.964. The van der Waals surface area contributed by atoms with E-state index in [1.165, 1.54) is 18.7 Å². The second-order valence-corrected chi connectivity index (χ2v) is 6.23. The van der Waals surface area contributed by atoms with Gasteiger partial charge in [-0.15, -0.1) is 0 Å². The first-order valence-corrected chi connectivity index (χ1v) is 8.21. The molecule has 25 heavy (non-hydrogen) atoms. The van der Waals surface area contributed by atoms with Crippen LogP contribution in [0.15, 0.2) is 48.5 Å². The number of ether oxygens (including phenoxy) is 1. The maximum absolute atomic E-state index is 11.9. The second-order valence-electron chi connectivity index (χ2n) is 6.23. The van der Waals surface area contributed by atoms with Crippen LogP contribution in [0.3, 0.4) is 0 Å². The Morgan fingerprint density at radius 1 is 1.28 bits per heavy atom. The summed E-state index contributed by atoms with van der Waals surface area (Å²) in [6.45, 7) is 2.71. The highest BCUT2D eigenvalue weighted by atomic mass is 16.6. The minimum absolute atomic E-state index is 0.0199. The van der Waals surface area contributed by atoms with E-state index in [0.717, 1.165) is 31.6 Å². The lowest BCUT2D eigenvalue weighted by Gasteiger charge is -2.16. The number of hydrogen-bond acceptors (Lipinski definition) is 5. The molecule has 6 nitrogen and oxygen atoms in total. The molecule has 0 spiro atoms. The van der Waals surface area contributed by atoms with Crippen LogP contribution in [-0.2, 0) is 11.3 Å². The van der Waals surface area contributed by atoms with Crippen molar-refractivity contribution >= 4 is 11.7 Å². The number of carbonyl (C=O) groups excluding carboxylic acids is 1. The Morgan fingerprint density at radius 3 is 2.72 bits per heavy atom. The monoisotopic (exact) mass is 340 g/mol. The zero-order valence-corrected chi connectivity index (χ0v) is 14.1. The first kappa shape index (κ1) is 17.1. The minimum atomic E-state index is -0.673. The molecular weight excluding hydrogens is 320 g/mol. The SMILES string of the molecule is COC(=O)c1cc(C2CCN(Cc3ccccc3)C2)ccc1[N+](=O)[O-]. The summed E-state index contributed by atoms with van der Waals surface area (Å²) < 4.78 is 4.69. The van der Waals surface area contributed by atoms with Gasteiger partial charge in [-0.1, -0.05) is 36.4 Å². The van der Waals surface area contributed by atoms with Gasteiger partial charge in [0.25, 0.3) is 5.69 Å². The van der Waals surface area contributed by atoms with Crippen molar-refractivity contribution in [2.75, 3.05) is 20.2 Å². The van der Waals surface area contributed by atoms with Gasteiger partial charge < -0.3 is 4.74 Å². The van der Waals surface area contributed by atoms with E-state index < -0.39 is 10.9 Å². The molecule has 1 unspecified atom stereocenters. The van der Waals surface area contributed by atoms with Crippen LogP contribution >= 0.6 is 0 Å². The number of nitrogens with zero attached hydrogens (tertiary/aromatic N) is 2. The van der Waals surface area contributed by atoms with Crippen LogP contribution in [0.5, 0.6) is 0 Å². The summed E-state index contributed by atoms with van der Waals surface area (Å²) in [5, 5.41) is 11.1. The Bertz CT molecular complexity index is 776. The molecular formula is C19H20N2O4. The van der Waals surface area contributed by atoms with E-state index in [-0.39, 0.29) is 17.2 Å². The third-order valence-electron chi connectivity index (χ3n) is 4.62. The van der Waals surface area contributed by atoms with E-state index in [0.29, 0.717) is 0 Å². The van der Waals surface area contributed by atoms with Gasteiger partial charge in [0.1, 0.15) is 5.56 Å². The highest BCUT2D eigenvalue weighted by molar-refractivity contribution is 5.94. The van der Waals surface area contributed by atoms with Gasteiger partial charge in [-0.25, -0.2) is 4.79 Å². The van der Waals surface area contributed by atoms with Crippen LogP contribution in [0, 0.1) is 10.1 Å². The molecule has 0 saturated carbocycles. The highest BCUT2D eigenvalue weighted by Gasteiger charge is 2.27. The summed E-state index contributed by atoms with van der Waals surface area (Å²) in [5.41, 5.74) is 2.02. The summed E-state index contributed by atoms with van der Waals surface area (Å²) >= 11 is 0. The molecule has 0 bridgehead atoms. The maximum Gasteiger partial charge on any atom is 0.344 e. The molecule has 2 aromatic carbocycles. The van der Waals surface area contributed by atoms with Crippen molar-refractivity contribution in [3.8, 4) is 0 Å². The van der Waals surface area contributed by atoms with Crippen LogP contribution in [0.1, 0.15) is 33.8 Å². The Kier molecular flexibility index (Phi) is 5.09. The third-order valence-corrected chi connectivity index (χ3v) is 4.62. The first-order valence-electron chi connectivity index (χ1n) is 8.21. The number of rotatable bonds is 5. The van der Waals surface area contributed by atoms with Crippen molar-refractivity contribution in [1.82, 2.24) is 4.90 Å². The quantitative estimate of drug-likeness (QED) is 0.474. The van der Waals surface area contributed by atoms with Gasteiger partial charge in [-0.3, -0.25) is 15.0 Å². The summed E-state index contributed by atoms with van der Waals surface area (Å²) in [5.74, 6) is -0.416. The number of benzene rings is 2. The number of hydrogen-bond donors (Lipinski definition) is 0. The van der Waals surface area contributed by atoms with Crippen LogP contribution in [0.25, 0.3) is 0 Å². The first-order chi connectivity index (χ1) is 12.1. The largest absolute Gasteiger partial charge is 0.465 e. The molecule has 3 rings (SSSR count). The number of methoxy groups -OCH3 is 1. The Morgan fingerprint density at radius 2 is 2.04 bits per heavy atom. The molecule has 1 atom stereocenters. The number of nitro benzene ring substituents is 1. The average molecular weight is 340 g/mol. The molecule has 130 valence electrons. The van der Waals surface area contributed by atoms with Gasteiger partial charge >= 0.3 is 5.97 Å². The number of esters is 1. The summed E-state index contributed by atoms with van der Waals surface area (Å²) in [6, 6.07) is 15.0. The normalized spacial score (nSPS) is 17.4. The molecule has 0 amide bonds.